The van der Waals surface area contributed by atoms with Gasteiger partial charge in [-0.3, -0.25) is 4.98 Å². The van der Waals surface area contributed by atoms with Crippen LogP contribution in [0.2, 0.25) is 0 Å². The van der Waals surface area contributed by atoms with Gasteiger partial charge in [-0.05, 0) is 23.3 Å². The molecule has 0 aliphatic heterocycles. The van der Waals surface area contributed by atoms with Crippen LogP contribution in [0.15, 0.2) is 91.4 Å². The highest BCUT2D eigenvalue weighted by atomic mass is 16.3. The van der Waals surface area contributed by atoms with E-state index >= 15 is 0 Å². The fraction of sp³-hybridized carbons (Fsp3) is 0.115. The Morgan fingerprint density at radius 2 is 1.67 bits per heavy atom. The van der Waals surface area contributed by atoms with E-state index in [1.54, 1.807) is 12.3 Å². The van der Waals surface area contributed by atoms with Crippen molar-refractivity contribution in [1.82, 2.24) is 19.6 Å². The lowest BCUT2D eigenvalue weighted by Gasteiger charge is -2.13. The second-order valence-electron chi connectivity index (χ2n) is 7.72. The van der Waals surface area contributed by atoms with Crippen LogP contribution in [-0.2, 0) is 6.54 Å². The number of aliphatic hydroxyl groups is 2. The molecule has 0 saturated carbocycles. The Morgan fingerprint density at radius 3 is 2.42 bits per heavy atom. The topological polar surface area (TPSA) is 95.6 Å². The van der Waals surface area contributed by atoms with Crippen molar-refractivity contribution >= 4 is 11.3 Å². The van der Waals surface area contributed by atoms with Crippen LogP contribution in [0, 0.1) is 0 Å². The minimum Gasteiger partial charge on any atom is -0.393 e. The fourth-order valence-corrected chi connectivity index (χ4v) is 3.77. The number of nitrogens with one attached hydrogen (secondary N) is 1. The first kappa shape index (κ1) is 20.8. The Hall–Kier alpha value is -4.07. The first-order valence-corrected chi connectivity index (χ1v) is 10.7. The smallest absolute Gasteiger partial charge is 0.183 e. The van der Waals surface area contributed by atoms with Crippen molar-refractivity contribution < 1.29 is 10.2 Å². The lowest BCUT2D eigenvalue weighted by Crippen LogP contribution is -2.08. The second kappa shape index (κ2) is 9.20. The van der Waals surface area contributed by atoms with Gasteiger partial charge >= 0.3 is 0 Å². The Labute approximate surface area is 191 Å². The number of aliphatic hydroxyl groups excluding tert-OH is 2. The summed E-state index contributed by atoms with van der Waals surface area (Å²) in [6.07, 6.45) is 4.09. The molecule has 0 aliphatic rings. The zero-order valence-electron chi connectivity index (χ0n) is 17.8. The van der Waals surface area contributed by atoms with Crippen LogP contribution in [-0.4, -0.2) is 36.4 Å². The molecular weight excluding hydrogens is 414 g/mol. The quantitative estimate of drug-likeness (QED) is 0.355. The van der Waals surface area contributed by atoms with E-state index in [0.29, 0.717) is 29.3 Å². The maximum atomic E-state index is 10.0. The highest BCUT2D eigenvalue weighted by Crippen LogP contribution is 2.31. The molecule has 0 spiro atoms. The molecule has 0 aliphatic carbocycles. The third-order valence-corrected chi connectivity index (χ3v) is 5.47. The molecule has 5 aromatic rings. The maximum Gasteiger partial charge on any atom is 0.183 e. The Kier molecular flexibility index (Phi) is 5.80. The molecule has 2 aromatic carbocycles. The number of hydrogen-bond donors (Lipinski definition) is 3. The van der Waals surface area contributed by atoms with Gasteiger partial charge in [0.15, 0.2) is 11.6 Å². The molecule has 1 unspecified atom stereocenters. The number of nitrogens with zero attached hydrogens (tertiary/aromatic N) is 4. The molecule has 0 saturated heterocycles. The van der Waals surface area contributed by atoms with Crippen LogP contribution < -0.4 is 5.32 Å². The Bertz CT molecular complexity index is 1370. The Morgan fingerprint density at radius 1 is 0.909 bits per heavy atom. The van der Waals surface area contributed by atoms with E-state index in [0.717, 1.165) is 22.2 Å². The summed E-state index contributed by atoms with van der Waals surface area (Å²) in [5, 5.41) is 27.5. The van der Waals surface area contributed by atoms with E-state index in [2.05, 4.69) is 34.6 Å². The molecular formula is C26H23N5O2. The standard InChI is InChI=1S/C26H23N5O2/c32-17-23(33)20-13-21(16-27-15-20)25-29-26(28-14-18-7-3-1-4-8-18)24-22(11-12-31(24)30-25)19-9-5-2-6-10-19/h1-13,15-16,23,32-33H,14,17H2,(H,28,29,30). The van der Waals surface area contributed by atoms with Gasteiger partial charge in [-0.15, -0.1) is 5.10 Å². The maximum absolute atomic E-state index is 10.0. The van der Waals surface area contributed by atoms with Crippen LogP contribution in [0.5, 0.6) is 0 Å². The summed E-state index contributed by atoms with van der Waals surface area (Å²) in [4.78, 5) is 9.05. The molecule has 3 N–H and O–H groups in total. The molecule has 3 heterocycles. The molecule has 0 fully saturated rings. The van der Waals surface area contributed by atoms with Crippen molar-refractivity contribution in [2.45, 2.75) is 12.6 Å². The van der Waals surface area contributed by atoms with Crippen molar-refractivity contribution in [2.75, 3.05) is 11.9 Å². The van der Waals surface area contributed by atoms with Crippen LogP contribution in [0.25, 0.3) is 28.0 Å². The lowest BCUT2D eigenvalue weighted by atomic mass is 10.1. The van der Waals surface area contributed by atoms with Crippen molar-refractivity contribution in [1.29, 1.82) is 0 Å². The second-order valence-corrected chi connectivity index (χ2v) is 7.72. The van der Waals surface area contributed by atoms with Crippen molar-refractivity contribution in [3.05, 3.63) is 103 Å². The number of hydrogen-bond acceptors (Lipinski definition) is 6. The van der Waals surface area contributed by atoms with E-state index in [9.17, 15) is 10.2 Å². The number of pyridine rings is 1. The Balaban J connectivity index is 1.62. The molecule has 33 heavy (non-hydrogen) atoms. The van der Waals surface area contributed by atoms with Gasteiger partial charge in [0.2, 0.25) is 0 Å². The highest BCUT2D eigenvalue weighted by molar-refractivity contribution is 5.89. The molecule has 0 amide bonds. The number of rotatable bonds is 7. The third kappa shape index (κ3) is 4.32. The number of fused-ring (bicyclic) bond motifs is 1. The van der Waals surface area contributed by atoms with Gasteiger partial charge in [0, 0.05) is 41.8 Å². The lowest BCUT2D eigenvalue weighted by molar-refractivity contribution is 0.0954. The highest BCUT2D eigenvalue weighted by Gasteiger charge is 2.16. The zero-order chi connectivity index (χ0) is 22.6. The van der Waals surface area contributed by atoms with E-state index in [-0.39, 0.29) is 6.61 Å². The van der Waals surface area contributed by atoms with Crippen LogP contribution in [0.3, 0.4) is 0 Å². The summed E-state index contributed by atoms with van der Waals surface area (Å²) < 4.78 is 1.81. The van der Waals surface area contributed by atoms with Gasteiger partial charge in [-0.2, -0.15) is 0 Å². The number of benzene rings is 2. The molecule has 164 valence electrons. The predicted molar refractivity (Wildman–Crippen MR) is 127 cm³/mol. The van der Waals surface area contributed by atoms with Crippen molar-refractivity contribution in [3.8, 4) is 22.5 Å². The molecule has 0 radical (unpaired) electrons. The van der Waals surface area contributed by atoms with Gasteiger partial charge in [-0.1, -0.05) is 60.7 Å². The van der Waals surface area contributed by atoms with Gasteiger partial charge in [0.05, 0.1) is 6.61 Å². The monoisotopic (exact) mass is 437 g/mol. The van der Waals surface area contributed by atoms with Crippen LogP contribution in [0.1, 0.15) is 17.2 Å². The SMILES string of the molecule is OCC(O)c1cncc(-c2nc(NCc3ccccc3)c3c(-c4ccccc4)ccn3n2)c1. The molecule has 3 aromatic heterocycles. The molecule has 5 rings (SSSR count). The van der Waals surface area contributed by atoms with Gasteiger partial charge < -0.3 is 15.5 Å². The van der Waals surface area contributed by atoms with E-state index in [4.69, 9.17) is 10.1 Å². The predicted octanol–water partition coefficient (Wildman–Crippen LogP) is 4.10. The summed E-state index contributed by atoms with van der Waals surface area (Å²) >= 11 is 0. The molecule has 7 heteroatoms. The number of aromatic nitrogens is 4. The van der Waals surface area contributed by atoms with E-state index in [1.165, 1.54) is 6.20 Å². The van der Waals surface area contributed by atoms with Gasteiger partial charge in [0.1, 0.15) is 11.6 Å². The largest absolute Gasteiger partial charge is 0.393 e. The minimum absolute atomic E-state index is 0.382. The summed E-state index contributed by atoms with van der Waals surface area (Å²) in [5.74, 6) is 1.16. The van der Waals surface area contributed by atoms with Gasteiger partial charge in [0.25, 0.3) is 0 Å². The summed E-state index contributed by atoms with van der Waals surface area (Å²) in [5.41, 5.74) is 5.28. The van der Waals surface area contributed by atoms with Crippen molar-refractivity contribution in [3.63, 3.8) is 0 Å². The molecule has 0 bridgehead atoms. The van der Waals surface area contributed by atoms with E-state index in [1.807, 2.05) is 53.2 Å². The fourth-order valence-electron chi connectivity index (χ4n) is 3.77. The first-order valence-electron chi connectivity index (χ1n) is 10.7. The summed E-state index contributed by atoms with van der Waals surface area (Å²) in [7, 11) is 0. The average molecular weight is 438 g/mol. The normalized spacial score (nSPS) is 12.1. The van der Waals surface area contributed by atoms with E-state index < -0.39 is 6.10 Å². The molecule has 7 nitrogen and oxygen atoms in total. The molecule has 1 atom stereocenters. The first-order chi connectivity index (χ1) is 16.2. The summed E-state index contributed by atoms with van der Waals surface area (Å²) in [6.45, 7) is 0.223. The third-order valence-electron chi connectivity index (χ3n) is 5.47. The zero-order valence-corrected chi connectivity index (χ0v) is 17.8. The summed E-state index contributed by atoms with van der Waals surface area (Å²) in [6, 6.07) is 24.0. The van der Waals surface area contributed by atoms with Crippen LogP contribution in [0.4, 0.5) is 5.82 Å². The van der Waals surface area contributed by atoms with Crippen LogP contribution >= 0.6 is 0 Å². The van der Waals surface area contributed by atoms with Gasteiger partial charge in [-0.25, -0.2) is 9.50 Å². The average Bonchev–Trinajstić information content (AvgIpc) is 3.32. The number of anilines is 1. The minimum atomic E-state index is -1.01. The van der Waals surface area contributed by atoms with Crippen molar-refractivity contribution in [2.24, 2.45) is 0 Å².